The first kappa shape index (κ1) is 40.1. The second kappa shape index (κ2) is 15.2. The Morgan fingerprint density at radius 1 is 0.709 bits per heavy atom. The van der Waals surface area contributed by atoms with Crippen LogP contribution in [0.4, 0.5) is 11.4 Å². The molecule has 2 atom stereocenters. The van der Waals surface area contributed by atoms with Crippen LogP contribution in [0.15, 0.2) is 122 Å². The minimum Gasteiger partial charge on any atom is -0.385 e. The molecule has 1 N–H and O–H groups in total. The van der Waals surface area contributed by atoms with Crippen LogP contribution >= 0.6 is 0 Å². The van der Waals surface area contributed by atoms with E-state index in [1.165, 1.54) is 67.7 Å². The molecule has 0 radical (unpaired) electrons. The van der Waals surface area contributed by atoms with Gasteiger partial charge in [-0.25, -0.2) is 0 Å². The third kappa shape index (κ3) is 7.80. The van der Waals surface area contributed by atoms with Crippen LogP contribution in [0.5, 0.6) is 0 Å². The lowest BCUT2D eigenvalue weighted by Crippen LogP contribution is -2.25. The molecule has 0 fully saturated rings. The van der Waals surface area contributed by atoms with Crippen LogP contribution in [0.3, 0.4) is 0 Å². The first-order valence-corrected chi connectivity index (χ1v) is 20.7. The maximum absolute atomic E-state index is 4.48. The van der Waals surface area contributed by atoms with Crippen molar-refractivity contribution in [2.75, 3.05) is 16.8 Å². The second-order valence-electron chi connectivity index (χ2n) is 19.0. The van der Waals surface area contributed by atoms with Crippen LogP contribution < -0.4 is 10.2 Å². The molecule has 2 aliphatic rings. The Hall–Kier alpha value is -4.56. The van der Waals surface area contributed by atoms with Crippen LogP contribution in [0.2, 0.25) is 0 Å². The minimum atomic E-state index is -0.171. The van der Waals surface area contributed by atoms with E-state index in [4.69, 9.17) is 0 Å². The number of hydrogen-bond donors (Lipinski definition) is 1. The predicted molar refractivity (Wildman–Crippen MR) is 242 cm³/mol. The van der Waals surface area contributed by atoms with Crippen LogP contribution in [0.25, 0.3) is 33.4 Å². The van der Waals surface area contributed by atoms with Crippen molar-refractivity contribution in [2.45, 2.75) is 107 Å². The van der Waals surface area contributed by atoms with Gasteiger partial charge in [0.15, 0.2) is 0 Å². The highest BCUT2D eigenvalue weighted by molar-refractivity contribution is 5.88. The summed E-state index contributed by atoms with van der Waals surface area (Å²) in [6.07, 6.45) is 10.8. The smallest absolute Gasteiger partial charge is 0.0464 e. The number of nitrogens with one attached hydrogen (secondary N) is 1. The first-order chi connectivity index (χ1) is 25.9. The number of fused-ring (bicyclic) bond motifs is 6. The number of benzene rings is 4. The van der Waals surface area contributed by atoms with Crippen molar-refractivity contribution in [3.63, 3.8) is 0 Å². The molecule has 0 amide bonds. The van der Waals surface area contributed by atoms with Crippen LogP contribution in [-0.2, 0) is 10.8 Å². The Kier molecular flexibility index (Phi) is 11.1. The predicted octanol–water partition coefficient (Wildman–Crippen LogP) is 15.1. The molecule has 4 aromatic carbocycles. The fourth-order valence-electron chi connectivity index (χ4n) is 8.92. The SMILES string of the molecule is C=C(/C=C\C)N(C(=C)/C=C\C(C)CC)c1ccc2c(c1)C(C)(C)c1cc(-c3ccc4c(c3)C(C)(C)c3cc(NCC(CC(C)(C)C)C(C)C)ccc3-4)ccc1-2. The summed E-state index contributed by atoms with van der Waals surface area (Å²) in [6.45, 7) is 37.7. The van der Waals surface area contributed by atoms with E-state index in [-0.39, 0.29) is 10.8 Å². The van der Waals surface area contributed by atoms with E-state index in [0.717, 1.165) is 30.0 Å². The summed E-state index contributed by atoms with van der Waals surface area (Å²) in [4.78, 5) is 2.18. The Bertz CT molecular complexity index is 2160. The van der Waals surface area contributed by atoms with Crippen LogP contribution in [0, 0.1) is 23.2 Å². The fraction of sp³-hybridized carbons (Fsp3) is 0.396. The topological polar surface area (TPSA) is 15.3 Å². The quantitative estimate of drug-likeness (QED) is 0.138. The maximum Gasteiger partial charge on any atom is 0.0464 e. The molecule has 2 heteroatoms. The van der Waals surface area contributed by atoms with Crippen molar-refractivity contribution < 1.29 is 0 Å². The van der Waals surface area contributed by atoms with Crippen molar-refractivity contribution >= 4 is 11.4 Å². The van der Waals surface area contributed by atoms with Gasteiger partial charge in [0.2, 0.25) is 0 Å². The van der Waals surface area contributed by atoms with E-state index in [0.29, 0.717) is 23.2 Å². The molecule has 4 aromatic rings. The van der Waals surface area contributed by atoms with Crippen LogP contribution in [0.1, 0.15) is 118 Å². The van der Waals surface area contributed by atoms with E-state index >= 15 is 0 Å². The van der Waals surface area contributed by atoms with Gasteiger partial charge in [-0.15, -0.1) is 0 Å². The van der Waals surface area contributed by atoms with E-state index in [2.05, 4.69) is 191 Å². The van der Waals surface area contributed by atoms with Gasteiger partial charge in [-0.3, -0.25) is 0 Å². The Morgan fingerprint density at radius 3 is 1.71 bits per heavy atom. The summed E-state index contributed by atoms with van der Waals surface area (Å²) in [5.74, 6) is 1.76. The number of nitrogens with zero attached hydrogens (tertiary/aromatic N) is 1. The number of hydrogen-bond acceptors (Lipinski definition) is 2. The van der Waals surface area contributed by atoms with Crippen molar-refractivity contribution in [3.8, 4) is 33.4 Å². The van der Waals surface area contributed by atoms with E-state index in [1.807, 2.05) is 13.0 Å². The van der Waals surface area contributed by atoms with Gasteiger partial charge in [-0.1, -0.05) is 144 Å². The van der Waals surface area contributed by atoms with Crippen molar-refractivity contribution in [2.24, 2.45) is 23.2 Å². The number of allylic oxidation sites excluding steroid dienone is 4. The molecule has 0 aliphatic heterocycles. The zero-order valence-corrected chi connectivity index (χ0v) is 36.0. The lowest BCUT2D eigenvalue weighted by Gasteiger charge is -2.29. The molecular weight excluding hydrogens is 665 g/mol. The standard InChI is InChI=1S/C53H66N2/c1-15-17-36(6)55(37(7)19-18-35(5)16-2)42-23-27-46-44-25-21-39(29-48(44)53(13,14)50(46)31-42)38-20-24-43-45-26-22-41(30-49(45)52(11,12)47(43)28-38)54-33-40(34(3)4)32-51(8,9)10/h15,17-31,34-35,40,54H,6-7,16,32-33H2,1-5,8-14H3/b17-15-,19-18-. The molecule has 0 saturated carbocycles. The zero-order valence-electron chi connectivity index (χ0n) is 36.0. The van der Waals surface area contributed by atoms with Crippen LogP contribution in [-0.4, -0.2) is 6.54 Å². The Labute approximate surface area is 334 Å². The molecule has 0 bridgehead atoms. The third-order valence-corrected chi connectivity index (χ3v) is 12.5. The van der Waals surface area contributed by atoms with Gasteiger partial charge in [-0.2, -0.15) is 0 Å². The average Bonchev–Trinajstić information content (AvgIpc) is 3.50. The fourth-order valence-corrected chi connectivity index (χ4v) is 8.92. The molecule has 6 rings (SSSR count). The van der Waals surface area contributed by atoms with Gasteiger partial charge in [-0.05, 0) is 141 Å². The maximum atomic E-state index is 4.48. The molecule has 288 valence electrons. The third-order valence-electron chi connectivity index (χ3n) is 12.5. The number of anilines is 2. The molecule has 0 saturated heterocycles. The first-order valence-electron chi connectivity index (χ1n) is 20.7. The Morgan fingerprint density at radius 2 is 1.20 bits per heavy atom. The van der Waals surface area contributed by atoms with Gasteiger partial charge in [0.25, 0.3) is 0 Å². The number of rotatable bonds is 13. The zero-order chi connectivity index (χ0) is 40.0. The van der Waals surface area contributed by atoms with Gasteiger partial charge in [0.1, 0.15) is 0 Å². The average molecular weight is 731 g/mol. The molecule has 0 aromatic heterocycles. The summed E-state index contributed by atoms with van der Waals surface area (Å²) >= 11 is 0. The molecule has 2 nitrogen and oxygen atoms in total. The highest BCUT2D eigenvalue weighted by Crippen LogP contribution is 2.53. The highest BCUT2D eigenvalue weighted by Gasteiger charge is 2.38. The summed E-state index contributed by atoms with van der Waals surface area (Å²) in [5, 5.41) is 3.84. The van der Waals surface area contributed by atoms with E-state index in [9.17, 15) is 0 Å². The van der Waals surface area contributed by atoms with Crippen molar-refractivity contribution in [3.05, 3.63) is 144 Å². The van der Waals surface area contributed by atoms with Gasteiger partial charge >= 0.3 is 0 Å². The van der Waals surface area contributed by atoms with Gasteiger partial charge in [0.05, 0.1) is 0 Å². The second-order valence-corrected chi connectivity index (χ2v) is 19.0. The van der Waals surface area contributed by atoms with Gasteiger partial charge < -0.3 is 10.2 Å². The highest BCUT2D eigenvalue weighted by atomic mass is 15.1. The summed E-state index contributed by atoms with van der Waals surface area (Å²) < 4.78 is 0. The molecule has 2 aliphatic carbocycles. The monoisotopic (exact) mass is 731 g/mol. The van der Waals surface area contributed by atoms with Gasteiger partial charge in [0, 0.05) is 40.1 Å². The molecule has 55 heavy (non-hydrogen) atoms. The van der Waals surface area contributed by atoms with E-state index < -0.39 is 0 Å². The van der Waals surface area contributed by atoms with Crippen molar-refractivity contribution in [1.82, 2.24) is 0 Å². The molecular formula is C53H66N2. The molecule has 0 heterocycles. The van der Waals surface area contributed by atoms with E-state index in [1.54, 1.807) is 0 Å². The molecule has 2 unspecified atom stereocenters. The Balaban J connectivity index is 1.29. The largest absolute Gasteiger partial charge is 0.385 e. The summed E-state index contributed by atoms with van der Waals surface area (Å²) in [6, 6.07) is 28.2. The molecule has 0 spiro atoms. The lowest BCUT2D eigenvalue weighted by atomic mass is 9.79. The normalized spacial score (nSPS) is 16.2. The lowest BCUT2D eigenvalue weighted by molar-refractivity contribution is 0.253. The van der Waals surface area contributed by atoms with Crippen molar-refractivity contribution in [1.29, 1.82) is 0 Å². The summed E-state index contributed by atoms with van der Waals surface area (Å²) in [7, 11) is 0. The summed E-state index contributed by atoms with van der Waals surface area (Å²) in [5.41, 5.74) is 17.6. The minimum absolute atomic E-state index is 0.0967.